The molecule has 2 rings (SSSR count). The molecule has 2 fully saturated rings. The largest absolute Gasteiger partial charge is 0.391 e. The number of nitrogens with zero attached hydrogens (tertiary/aromatic N) is 1. The quantitative estimate of drug-likeness (QED) is 0.638. The summed E-state index contributed by atoms with van der Waals surface area (Å²) in [6.45, 7) is 1.09. The molecule has 0 radical (unpaired) electrons. The Hall–Kier alpha value is -0.150. The summed E-state index contributed by atoms with van der Waals surface area (Å²) in [6, 6.07) is 0.255. The molecule has 0 bridgehead atoms. The van der Waals surface area contributed by atoms with Crippen LogP contribution in [0.15, 0.2) is 0 Å². The van der Waals surface area contributed by atoms with Gasteiger partial charge in [0.2, 0.25) is 0 Å². The first-order valence-electron chi connectivity index (χ1n) is 4.83. The van der Waals surface area contributed by atoms with Gasteiger partial charge >= 0.3 is 0 Å². The van der Waals surface area contributed by atoms with Crippen molar-refractivity contribution < 1.29 is 9.50 Å². The first kappa shape index (κ1) is 8.45. The highest BCUT2D eigenvalue weighted by atomic mass is 19.1. The summed E-state index contributed by atoms with van der Waals surface area (Å²) in [5, 5.41) is 9.63. The van der Waals surface area contributed by atoms with Crippen LogP contribution in [0.1, 0.15) is 25.7 Å². The van der Waals surface area contributed by atoms with Crippen molar-refractivity contribution in [1.82, 2.24) is 4.90 Å². The van der Waals surface area contributed by atoms with E-state index in [0.717, 1.165) is 19.3 Å². The molecule has 2 atom stereocenters. The molecule has 0 aromatic carbocycles. The van der Waals surface area contributed by atoms with Crippen molar-refractivity contribution in [2.45, 2.75) is 44.0 Å². The maximum absolute atomic E-state index is 12.5. The molecule has 0 unspecified atom stereocenters. The fraction of sp³-hybridized carbons (Fsp3) is 1.00. The summed E-state index contributed by atoms with van der Waals surface area (Å²) < 4.78 is 12.5. The predicted molar refractivity (Wildman–Crippen MR) is 44.7 cm³/mol. The van der Waals surface area contributed by atoms with Crippen molar-refractivity contribution in [2.75, 3.05) is 13.1 Å². The first-order valence-corrected chi connectivity index (χ1v) is 4.83. The van der Waals surface area contributed by atoms with Crippen molar-refractivity contribution in [3.8, 4) is 0 Å². The van der Waals surface area contributed by atoms with E-state index in [4.69, 9.17) is 0 Å². The van der Waals surface area contributed by atoms with E-state index in [1.54, 1.807) is 0 Å². The number of hydrogen-bond acceptors (Lipinski definition) is 2. The Labute approximate surface area is 72.4 Å². The highest BCUT2D eigenvalue weighted by Crippen LogP contribution is 2.27. The Morgan fingerprint density at radius 1 is 1.17 bits per heavy atom. The van der Waals surface area contributed by atoms with E-state index in [0.29, 0.717) is 13.1 Å². The number of rotatable bonds is 1. The summed E-state index contributed by atoms with van der Waals surface area (Å²) in [5.41, 5.74) is 0. The molecule has 1 heterocycles. The first-order chi connectivity index (χ1) is 5.77. The molecule has 12 heavy (non-hydrogen) atoms. The maximum atomic E-state index is 12.5. The molecule has 2 aliphatic rings. The van der Waals surface area contributed by atoms with Crippen LogP contribution in [0.25, 0.3) is 0 Å². The van der Waals surface area contributed by atoms with E-state index < -0.39 is 6.17 Å². The van der Waals surface area contributed by atoms with Gasteiger partial charge in [-0.2, -0.15) is 0 Å². The SMILES string of the molecule is O[C@H]1CCCC[C@@H]1N1CC(F)C1. The summed E-state index contributed by atoms with van der Waals surface area (Å²) in [7, 11) is 0. The van der Waals surface area contributed by atoms with Crippen molar-refractivity contribution in [1.29, 1.82) is 0 Å². The minimum absolute atomic E-state index is 0.203. The smallest absolute Gasteiger partial charge is 0.125 e. The zero-order chi connectivity index (χ0) is 8.55. The Morgan fingerprint density at radius 3 is 2.42 bits per heavy atom. The minimum Gasteiger partial charge on any atom is -0.391 e. The molecular weight excluding hydrogens is 157 g/mol. The van der Waals surface area contributed by atoms with Crippen molar-refractivity contribution in [3.63, 3.8) is 0 Å². The molecule has 1 saturated carbocycles. The van der Waals surface area contributed by atoms with Gasteiger partial charge in [0, 0.05) is 19.1 Å². The minimum atomic E-state index is -0.640. The van der Waals surface area contributed by atoms with E-state index in [1.807, 2.05) is 0 Å². The number of likely N-dealkylation sites (tertiary alicyclic amines) is 1. The average molecular weight is 173 g/mol. The fourth-order valence-electron chi connectivity index (χ4n) is 2.24. The van der Waals surface area contributed by atoms with Crippen LogP contribution in [-0.4, -0.2) is 41.4 Å². The Balaban J connectivity index is 1.85. The Kier molecular flexibility index (Phi) is 2.33. The second kappa shape index (κ2) is 3.30. The summed E-state index contributed by atoms with van der Waals surface area (Å²) >= 11 is 0. The van der Waals surface area contributed by atoms with Crippen LogP contribution in [0.3, 0.4) is 0 Å². The number of aliphatic hydroxyl groups is 1. The Bertz CT molecular complexity index is 159. The molecule has 2 nitrogen and oxygen atoms in total. The third-order valence-electron chi connectivity index (χ3n) is 3.03. The monoisotopic (exact) mass is 173 g/mol. The topological polar surface area (TPSA) is 23.5 Å². The van der Waals surface area contributed by atoms with E-state index in [2.05, 4.69) is 4.90 Å². The summed E-state index contributed by atoms with van der Waals surface area (Å²) in [5.74, 6) is 0. The normalized spacial score (nSPS) is 39.5. The van der Waals surface area contributed by atoms with Crippen LogP contribution >= 0.6 is 0 Å². The summed E-state index contributed by atoms with van der Waals surface area (Å²) in [4.78, 5) is 2.08. The lowest BCUT2D eigenvalue weighted by Crippen LogP contribution is -2.57. The van der Waals surface area contributed by atoms with Gasteiger partial charge in [0.15, 0.2) is 0 Å². The van der Waals surface area contributed by atoms with Crippen LogP contribution in [-0.2, 0) is 0 Å². The lowest BCUT2D eigenvalue weighted by molar-refractivity contribution is -0.0447. The third-order valence-corrected chi connectivity index (χ3v) is 3.03. The lowest BCUT2D eigenvalue weighted by atomic mass is 9.89. The lowest BCUT2D eigenvalue weighted by Gasteiger charge is -2.44. The van der Waals surface area contributed by atoms with E-state index in [-0.39, 0.29) is 12.1 Å². The highest BCUT2D eigenvalue weighted by molar-refractivity contribution is 4.90. The zero-order valence-electron chi connectivity index (χ0n) is 7.25. The molecule has 70 valence electrons. The molecule has 1 N–H and O–H groups in total. The number of aliphatic hydroxyl groups excluding tert-OH is 1. The third kappa shape index (κ3) is 1.48. The maximum Gasteiger partial charge on any atom is 0.125 e. The van der Waals surface area contributed by atoms with Crippen LogP contribution in [0.5, 0.6) is 0 Å². The summed E-state index contributed by atoms with van der Waals surface area (Å²) in [6.07, 6.45) is 3.43. The molecular formula is C9H16FNO. The predicted octanol–water partition coefficient (Wildman–Crippen LogP) is 0.944. The van der Waals surface area contributed by atoms with Gasteiger partial charge in [0.05, 0.1) is 6.10 Å². The van der Waals surface area contributed by atoms with Gasteiger partial charge in [-0.1, -0.05) is 12.8 Å². The standard InChI is InChI=1S/C9H16FNO/c10-7-5-11(6-7)8-3-1-2-4-9(8)12/h7-9,12H,1-6H2/t8-,9-/m0/s1. The number of halogens is 1. The van der Waals surface area contributed by atoms with E-state index in [1.165, 1.54) is 6.42 Å². The highest BCUT2D eigenvalue weighted by Gasteiger charge is 2.36. The Morgan fingerprint density at radius 2 is 1.83 bits per heavy atom. The number of hydrogen-bond donors (Lipinski definition) is 1. The van der Waals surface area contributed by atoms with Crippen LogP contribution < -0.4 is 0 Å². The molecule has 1 saturated heterocycles. The van der Waals surface area contributed by atoms with Crippen LogP contribution in [0.4, 0.5) is 4.39 Å². The second-order valence-corrected chi connectivity index (χ2v) is 3.97. The van der Waals surface area contributed by atoms with E-state index in [9.17, 15) is 9.50 Å². The molecule has 0 amide bonds. The molecule has 0 aromatic heterocycles. The van der Waals surface area contributed by atoms with Crippen molar-refractivity contribution in [2.24, 2.45) is 0 Å². The molecule has 1 aliphatic heterocycles. The van der Waals surface area contributed by atoms with Gasteiger partial charge in [0.1, 0.15) is 6.17 Å². The van der Waals surface area contributed by atoms with E-state index >= 15 is 0 Å². The molecule has 0 aromatic rings. The molecule has 3 heteroatoms. The fourth-order valence-corrected chi connectivity index (χ4v) is 2.24. The average Bonchev–Trinajstić information content (AvgIpc) is 2.01. The van der Waals surface area contributed by atoms with Gasteiger partial charge in [0.25, 0.3) is 0 Å². The second-order valence-electron chi connectivity index (χ2n) is 3.97. The van der Waals surface area contributed by atoms with Crippen molar-refractivity contribution in [3.05, 3.63) is 0 Å². The van der Waals surface area contributed by atoms with Gasteiger partial charge < -0.3 is 5.11 Å². The van der Waals surface area contributed by atoms with Crippen LogP contribution in [0.2, 0.25) is 0 Å². The zero-order valence-corrected chi connectivity index (χ0v) is 7.25. The number of alkyl halides is 1. The van der Waals surface area contributed by atoms with Gasteiger partial charge in [-0.25, -0.2) is 4.39 Å². The van der Waals surface area contributed by atoms with Gasteiger partial charge in [-0.15, -0.1) is 0 Å². The van der Waals surface area contributed by atoms with Crippen LogP contribution in [0, 0.1) is 0 Å². The molecule has 0 spiro atoms. The van der Waals surface area contributed by atoms with Gasteiger partial charge in [-0.05, 0) is 12.8 Å². The van der Waals surface area contributed by atoms with Crippen molar-refractivity contribution >= 4 is 0 Å². The molecule has 1 aliphatic carbocycles. The van der Waals surface area contributed by atoms with Gasteiger partial charge in [-0.3, -0.25) is 4.90 Å².